The molecule has 0 aromatic carbocycles. The van der Waals surface area contributed by atoms with Gasteiger partial charge in [0.1, 0.15) is 0 Å². The third-order valence-electron chi connectivity index (χ3n) is 2.77. The molecule has 4 nitrogen and oxygen atoms in total. The monoisotopic (exact) mass is 251 g/mol. The van der Waals surface area contributed by atoms with E-state index < -0.39 is 0 Å². The lowest BCUT2D eigenvalue weighted by atomic mass is 10.2. The number of aromatic nitrogens is 1. The Morgan fingerprint density at radius 1 is 1.44 bits per heavy atom. The zero-order valence-corrected chi connectivity index (χ0v) is 11.9. The van der Waals surface area contributed by atoms with Crippen LogP contribution in [0.2, 0.25) is 0 Å². The van der Waals surface area contributed by atoms with Crippen LogP contribution >= 0.6 is 0 Å². The zero-order chi connectivity index (χ0) is 13.4. The van der Waals surface area contributed by atoms with Crippen LogP contribution in [0.4, 0.5) is 5.69 Å². The van der Waals surface area contributed by atoms with Gasteiger partial charge in [0.2, 0.25) is 0 Å². The molecule has 0 atom stereocenters. The van der Waals surface area contributed by atoms with Gasteiger partial charge in [-0.25, -0.2) is 0 Å². The lowest BCUT2D eigenvalue weighted by Crippen LogP contribution is -2.27. The molecule has 1 rings (SSSR count). The normalized spacial score (nSPS) is 10.9. The van der Waals surface area contributed by atoms with Crippen molar-refractivity contribution in [1.29, 1.82) is 0 Å². The molecule has 0 unspecified atom stereocenters. The predicted molar refractivity (Wildman–Crippen MR) is 76.0 cm³/mol. The number of rotatable bonds is 8. The highest BCUT2D eigenvalue weighted by molar-refractivity contribution is 5.50. The molecule has 0 spiro atoms. The molecule has 0 radical (unpaired) electrons. The van der Waals surface area contributed by atoms with E-state index in [1.165, 1.54) is 11.3 Å². The van der Waals surface area contributed by atoms with Gasteiger partial charge in [0.05, 0.1) is 18.5 Å². The summed E-state index contributed by atoms with van der Waals surface area (Å²) in [5.41, 5.74) is 2.45. The summed E-state index contributed by atoms with van der Waals surface area (Å²) >= 11 is 0. The van der Waals surface area contributed by atoms with Gasteiger partial charge >= 0.3 is 0 Å². The van der Waals surface area contributed by atoms with Crippen LogP contribution in [0.25, 0.3) is 0 Å². The summed E-state index contributed by atoms with van der Waals surface area (Å²) < 4.78 is 5.39. The Hall–Kier alpha value is -1.13. The first-order chi connectivity index (χ1) is 8.65. The first-order valence-corrected chi connectivity index (χ1v) is 6.60. The lowest BCUT2D eigenvalue weighted by Gasteiger charge is -2.22. The van der Waals surface area contributed by atoms with E-state index in [1.807, 2.05) is 19.3 Å². The molecule has 1 heterocycles. The number of pyridine rings is 1. The van der Waals surface area contributed by atoms with Gasteiger partial charge in [-0.05, 0) is 18.6 Å². The number of likely N-dealkylation sites (N-methyl/N-ethyl adjacent to an activating group) is 1. The van der Waals surface area contributed by atoms with Crippen molar-refractivity contribution in [1.82, 2.24) is 10.3 Å². The fraction of sp³-hybridized carbons (Fsp3) is 0.643. The van der Waals surface area contributed by atoms with Crippen molar-refractivity contribution < 1.29 is 4.74 Å². The van der Waals surface area contributed by atoms with Gasteiger partial charge in [-0.3, -0.25) is 4.98 Å². The van der Waals surface area contributed by atoms with Crippen LogP contribution in [0.5, 0.6) is 0 Å². The molecule has 0 saturated heterocycles. The van der Waals surface area contributed by atoms with Crippen LogP contribution < -0.4 is 10.2 Å². The van der Waals surface area contributed by atoms with E-state index in [9.17, 15) is 0 Å². The Kier molecular flexibility index (Phi) is 6.68. The number of ether oxygens (including phenoxy) is 1. The highest BCUT2D eigenvalue weighted by Crippen LogP contribution is 2.17. The summed E-state index contributed by atoms with van der Waals surface area (Å²) in [7, 11) is 2.08. The van der Waals surface area contributed by atoms with Crippen molar-refractivity contribution in [3.63, 3.8) is 0 Å². The fourth-order valence-electron chi connectivity index (χ4n) is 1.69. The highest BCUT2D eigenvalue weighted by atomic mass is 16.5. The maximum atomic E-state index is 5.39. The van der Waals surface area contributed by atoms with Crippen molar-refractivity contribution in [2.24, 2.45) is 0 Å². The van der Waals surface area contributed by atoms with E-state index in [2.05, 4.69) is 42.2 Å². The minimum Gasteiger partial charge on any atom is -0.380 e. The minimum atomic E-state index is 0.486. The zero-order valence-electron chi connectivity index (χ0n) is 11.9. The van der Waals surface area contributed by atoms with E-state index >= 15 is 0 Å². The Morgan fingerprint density at radius 2 is 2.22 bits per heavy atom. The fourth-order valence-corrected chi connectivity index (χ4v) is 1.69. The van der Waals surface area contributed by atoms with E-state index in [4.69, 9.17) is 4.74 Å². The number of anilines is 1. The van der Waals surface area contributed by atoms with Crippen molar-refractivity contribution in [3.8, 4) is 0 Å². The molecule has 102 valence electrons. The SMILES string of the molecule is CCOCCN(C)c1cnccc1CNC(C)C. The molecule has 1 N–H and O–H groups in total. The summed E-state index contributed by atoms with van der Waals surface area (Å²) in [6, 6.07) is 2.56. The average molecular weight is 251 g/mol. The summed E-state index contributed by atoms with van der Waals surface area (Å²) in [5.74, 6) is 0. The number of nitrogens with one attached hydrogen (secondary N) is 1. The second-order valence-corrected chi connectivity index (χ2v) is 4.66. The molecule has 0 amide bonds. The van der Waals surface area contributed by atoms with Crippen LogP contribution in [0.3, 0.4) is 0 Å². The molecule has 0 aliphatic carbocycles. The van der Waals surface area contributed by atoms with Crippen LogP contribution in [0.15, 0.2) is 18.5 Å². The molecule has 4 heteroatoms. The van der Waals surface area contributed by atoms with E-state index in [-0.39, 0.29) is 0 Å². The summed E-state index contributed by atoms with van der Waals surface area (Å²) in [4.78, 5) is 6.41. The van der Waals surface area contributed by atoms with Crippen LogP contribution in [-0.2, 0) is 11.3 Å². The van der Waals surface area contributed by atoms with Gasteiger partial charge in [-0.15, -0.1) is 0 Å². The third kappa shape index (κ3) is 5.02. The summed E-state index contributed by atoms with van der Waals surface area (Å²) in [6.45, 7) is 9.59. The van der Waals surface area contributed by atoms with Gasteiger partial charge in [0.15, 0.2) is 0 Å². The van der Waals surface area contributed by atoms with Gasteiger partial charge in [0.25, 0.3) is 0 Å². The van der Waals surface area contributed by atoms with Gasteiger partial charge in [0, 0.05) is 39.0 Å². The molecular formula is C14H25N3O. The molecule has 1 aromatic heterocycles. The quantitative estimate of drug-likeness (QED) is 0.718. The average Bonchev–Trinajstić information content (AvgIpc) is 2.37. The molecule has 1 aromatic rings. The largest absolute Gasteiger partial charge is 0.380 e. The van der Waals surface area contributed by atoms with E-state index in [0.29, 0.717) is 6.04 Å². The molecule has 18 heavy (non-hydrogen) atoms. The molecule has 0 aliphatic rings. The maximum Gasteiger partial charge on any atom is 0.0641 e. The third-order valence-corrected chi connectivity index (χ3v) is 2.77. The second-order valence-electron chi connectivity index (χ2n) is 4.66. The minimum absolute atomic E-state index is 0.486. The Morgan fingerprint density at radius 3 is 2.89 bits per heavy atom. The number of nitrogens with zero attached hydrogens (tertiary/aromatic N) is 2. The summed E-state index contributed by atoms with van der Waals surface area (Å²) in [6.07, 6.45) is 3.76. The first kappa shape index (κ1) is 14.9. The van der Waals surface area contributed by atoms with Crippen molar-refractivity contribution in [2.45, 2.75) is 33.4 Å². The van der Waals surface area contributed by atoms with Crippen molar-refractivity contribution in [2.75, 3.05) is 31.7 Å². The Balaban J connectivity index is 2.62. The molecule has 0 fully saturated rings. The van der Waals surface area contributed by atoms with Gasteiger partial charge < -0.3 is 15.0 Å². The lowest BCUT2D eigenvalue weighted by molar-refractivity contribution is 0.154. The van der Waals surface area contributed by atoms with E-state index in [1.54, 1.807) is 0 Å². The summed E-state index contributed by atoms with van der Waals surface area (Å²) in [5, 5.41) is 3.44. The highest BCUT2D eigenvalue weighted by Gasteiger charge is 2.07. The maximum absolute atomic E-state index is 5.39. The molecule has 0 bridgehead atoms. The molecule has 0 aliphatic heterocycles. The topological polar surface area (TPSA) is 37.4 Å². The number of hydrogen-bond acceptors (Lipinski definition) is 4. The smallest absolute Gasteiger partial charge is 0.0641 e. The molecule has 0 saturated carbocycles. The van der Waals surface area contributed by atoms with E-state index in [0.717, 1.165) is 26.3 Å². The second kappa shape index (κ2) is 8.06. The van der Waals surface area contributed by atoms with Crippen molar-refractivity contribution >= 4 is 5.69 Å². The van der Waals surface area contributed by atoms with Crippen LogP contribution in [-0.4, -0.2) is 37.8 Å². The Labute approximate surface area is 110 Å². The van der Waals surface area contributed by atoms with Crippen LogP contribution in [0, 0.1) is 0 Å². The number of hydrogen-bond donors (Lipinski definition) is 1. The van der Waals surface area contributed by atoms with Gasteiger partial charge in [-0.1, -0.05) is 13.8 Å². The standard InChI is InChI=1S/C14H25N3O/c1-5-18-9-8-17(4)14-11-15-7-6-13(14)10-16-12(2)3/h6-7,11-12,16H,5,8-10H2,1-4H3. The van der Waals surface area contributed by atoms with Crippen molar-refractivity contribution in [3.05, 3.63) is 24.0 Å². The van der Waals surface area contributed by atoms with Gasteiger partial charge in [-0.2, -0.15) is 0 Å². The van der Waals surface area contributed by atoms with Crippen LogP contribution in [0.1, 0.15) is 26.3 Å². The molecular weight excluding hydrogens is 226 g/mol. The first-order valence-electron chi connectivity index (χ1n) is 6.60. The Bertz CT molecular complexity index is 342. The predicted octanol–water partition coefficient (Wildman–Crippen LogP) is 2.05.